The number of sulfonamides is 1. The molecule has 2 N–H and O–H groups in total. The lowest BCUT2D eigenvalue weighted by Gasteiger charge is -2.09. The zero-order valence-corrected chi connectivity index (χ0v) is 16.1. The standard InChI is InChI=1S/C16H22N2O5S2/c1-4-22-16(19)14-11(2)18-12(3)15(14)25(20,21)17-7-9-24-10-13-6-5-8-23-13/h5-6,8,17-18H,4,7,9-10H2,1-3H3. The van der Waals surface area contributed by atoms with Gasteiger partial charge in [0.15, 0.2) is 0 Å². The van der Waals surface area contributed by atoms with Crippen LogP contribution < -0.4 is 4.72 Å². The van der Waals surface area contributed by atoms with Gasteiger partial charge in [0.05, 0.1) is 18.6 Å². The van der Waals surface area contributed by atoms with Crippen molar-refractivity contribution < 1.29 is 22.4 Å². The van der Waals surface area contributed by atoms with Crippen molar-refractivity contribution in [1.82, 2.24) is 9.71 Å². The first kappa shape index (κ1) is 19.6. The minimum Gasteiger partial charge on any atom is -0.468 e. The number of hydrogen-bond donors (Lipinski definition) is 2. The average molecular weight is 386 g/mol. The molecule has 0 aliphatic heterocycles. The van der Waals surface area contributed by atoms with E-state index in [-0.39, 0.29) is 23.6 Å². The van der Waals surface area contributed by atoms with Crippen molar-refractivity contribution in [1.29, 1.82) is 0 Å². The van der Waals surface area contributed by atoms with Gasteiger partial charge in [0, 0.05) is 23.7 Å². The SMILES string of the molecule is CCOC(=O)c1c(C)[nH]c(C)c1S(=O)(=O)NCCSCc1ccco1. The summed E-state index contributed by atoms with van der Waals surface area (Å²) >= 11 is 1.55. The summed E-state index contributed by atoms with van der Waals surface area (Å²) < 4.78 is 38.0. The second kappa shape index (κ2) is 8.59. The van der Waals surface area contributed by atoms with E-state index >= 15 is 0 Å². The van der Waals surface area contributed by atoms with E-state index in [0.717, 1.165) is 5.76 Å². The van der Waals surface area contributed by atoms with Crippen molar-refractivity contribution in [2.24, 2.45) is 0 Å². The number of rotatable bonds is 9. The Bertz CT molecular complexity index is 810. The third kappa shape index (κ3) is 4.90. The molecule has 2 aromatic heterocycles. The maximum Gasteiger partial charge on any atom is 0.341 e. The summed E-state index contributed by atoms with van der Waals surface area (Å²) in [5.41, 5.74) is 0.954. The van der Waals surface area contributed by atoms with Crippen molar-refractivity contribution >= 4 is 27.8 Å². The molecule has 0 aliphatic rings. The van der Waals surface area contributed by atoms with Gasteiger partial charge in [0.25, 0.3) is 0 Å². The van der Waals surface area contributed by atoms with E-state index in [1.807, 2.05) is 12.1 Å². The van der Waals surface area contributed by atoms with Gasteiger partial charge in [0.2, 0.25) is 10.0 Å². The second-order valence-corrected chi connectivity index (χ2v) is 8.14. The second-order valence-electron chi connectivity index (χ2n) is 5.33. The summed E-state index contributed by atoms with van der Waals surface area (Å²) in [6.07, 6.45) is 1.60. The lowest BCUT2D eigenvalue weighted by molar-refractivity contribution is 0.0521. The van der Waals surface area contributed by atoms with Gasteiger partial charge < -0.3 is 14.1 Å². The van der Waals surface area contributed by atoms with Crippen LogP contribution in [0.4, 0.5) is 0 Å². The highest BCUT2D eigenvalue weighted by Crippen LogP contribution is 2.24. The zero-order chi connectivity index (χ0) is 18.4. The van der Waals surface area contributed by atoms with Crippen LogP contribution in [0.25, 0.3) is 0 Å². The fourth-order valence-electron chi connectivity index (χ4n) is 2.43. The number of thioether (sulfide) groups is 1. The number of carbonyl (C=O) groups excluding carboxylic acids is 1. The van der Waals surface area contributed by atoms with Gasteiger partial charge in [-0.25, -0.2) is 17.9 Å². The fraction of sp³-hybridized carbons (Fsp3) is 0.438. The molecule has 2 aromatic rings. The number of aromatic amines is 1. The zero-order valence-electron chi connectivity index (χ0n) is 14.4. The summed E-state index contributed by atoms with van der Waals surface area (Å²) in [5.74, 6) is 1.45. The predicted octanol–water partition coefficient (Wildman–Crippen LogP) is 2.61. The molecule has 0 saturated heterocycles. The van der Waals surface area contributed by atoms with Crippen LogP contribution in [-0.2, 0) is 20.5 Å². The van der Waals surface area contributed by atoms with E-state index in [1.54, 1.807) is 38.8 Å². The van der Waals surface area contributed by atoms with Crippen molar-refractivity contribution in [3.63, 3.8) is 0 Å². The Labute approximate surface area is 151 Å². The highest BCUT2D eigenvalue weighted by atomic mass is 32.2. The van der Waals surface area contributed by atoms with E-state index in [1.165, 1.54) is 0 Å². The fourth-order valence-corrected chi connectivity index (χ4v) is 4.79. The Hall–Kier alpha value is -1.71. The third-order valence-electron chi connectivity index (χ3n) is 3.43. The molecular formula is C16H22N2O5S2. The van der Waals surface area contributed by atoms with Gasteiger partial charge in [-0.15, -0.1) is 0 Å². The van der Waals surface area contributed by atoms with Crippen molar-refractivity contribution in [3.05, 3.63) is 41.1 Å². The molecule has 9 heteroatoms. The van der Waals surface area contributed by atoms with Crippen LogP contribution in [0.1, 0.15) is 34.4 Å². The predicted molar refractivity (Wildman–Crippen MR) is 96.3 cm³/mol. The Morgan fingerprint density at radius 2 is 2.12 bits per heavy atom. The number of nitrogens with one attached hydrogen (secondary N) is 2. The van der Waals surface area contributed by atoms with E-state index in [4.69, 9.17) is 9.15 Å². The molecule has 0 aliphatic carbocycles. The van der Waals surface area contributed by atoms with Crippen LogP contribution in [-0.4, -0.2) is 38.3 Å². The molecule has 0 fully saturated rings. The Morgan fingerprint density at radius 1 is 1.36 bits per heavy atom. The number of aryl methyl sites for hydroxylation is 2. The molecule has 0 bridgehead atoms. The minimum absolute atomic E-state index is 0.0421. The average Bonchev–Trinajstić information content (AvgIpc) is 3.14. The Balaban J connectivity index is 2.02. The van der Waals surface area contributed by atoms with Gasteiger partial charge >= 0.3 is 5.97 Å². The number of furan rings is 1. The van der Waals surface area contributed by atoms with Crippen molar-refractivity contribution in [2.45, 2.75) is 31.4 Å². The lowest BCUT2D eigenvalue weighted by Crippen LogP contribution is -2.28. The third-order valence-corrected chi connectivity index (χ3v) is 6.04. The van der Waals surface area contributed by atoms with Crippen LogP contribution in [0.5, 0.6) is 0 Å². The Kier molecular flexibility index (Phi) is 6.74. The largest absolute Gasteiger partial charge is 0.468 e. The van der Waals surface area contributed by atoms with Gasteiger partial charge in [-0.3, -0.25) is 0 Å². The summed E-state index contributed by atoms with van der Waals surface area (Å²) in [5, 5.41) is 0. The number of esters is 1. The maximum atomic E-state index is 12.6. The molecule has 0 amide bonds. The molecule has 138 valence electrons. The molecule has 0 saturated carbocycles. The molecule has 2 rings (SSSR count). The summed E-state index contributed by atoms with van der Waals surface area (Å²) in [6, 6.07) is 3.68. The van der Waals surface area contributed by atoms with Gasteiger partial charge in [-0.05, 0) is 32.9 Å². The number of aromatic nitrogens is 1. The van der Waals surface area contributed by atoms with E-state index in [2.05, 4.69) is 9.71 Å². The first-order valence-electron chi connectivity index (χ1n) is 7.83. The lowest BCUT2D eigenvalue weighted by atomic mass is 10.2. The number of ether oxygens (including phenoxy) is 1. The molecule has 0 atom stereocenters. The maximum absolute atomic E-state index is 12.6. The van der Waals surface area contributed by atoms with E-state index < -0.39 is 16.0 Å². The van der Waals surface area contributed by atoms with Crippen LogP contribution in [0.15, 0.2) is 27.7 Å². The smallest absolute Gasteiger partial charge is 0.341 e. The number of hydrogen-bond acceptors (Lipinski definition) is 6. The molecule has 0 radical (unpaired) electrons. The van der Waals surface area contributed by atoms with Crippen molar-refractivity contribution in [3.8, 4) is 0 Å². The topological polar surface area (TPSA) is 101 Å². The summed E-state index contributed by atoms with van der Waals surface area (Å²) in [4.78, 5) is 15.0. The molecule has 0 unspecified atom stereocenters. The highest BCUT2D eigenvalue weighted by Gasteiger charge is 2.29. The molecule has 0 aromatic carbocycles. The molecule has 7 nitrogen and oxygen atoms in total. The van der Waals surface area contributed by atoms with E-state index in [0.29, 0.717) is 22.9 Å². The van der Waals surface area contributed by atoms with Gasteiger partial charge in [-0.2, -0.15) is 11.8 Å². The van der Waals surface area contributed by atoms with Crippen LogP contribution in [0.3, 0.4) is 0 Å². The van der Waals surface area contributed by atoms with Crippen LogP contribution in [0, 0.1) is 13.8 Å². The molecule has 25 heavy (non-hydrogen) atoms. The quantitative estimate of drug-likeness (QED) is 0.507. The first-order chi connectivity index (χ1) is 11.9. The first-order valence-corrected chi connectivity index (χ1v) is 10.5. The molecule has 2 heterocycles. The highest BCUT2D eigenvalue weighted by molar-refractivity contribution is 7.98. The van der Waals surface area contributed by atoms with E-state index in [9.17, 15) is 13.2 Å². The summed E-state index contributed by atoms with van der Waals surface area (Å²) in [7, 11) is -3.82. The van der Waals surface area contributed by atoms with Crippen LogP contribution in [0.2, 0.25) is 0 Å². The normalized spacial score (nSPS) is 11.6. The van der Waals surface area contributed by atoms with Crippen LogP contribution >= 0.6 is 11.8 Å². The molecule has 0 spiro atoms. The van der Waals surface area contributed by atoms with Gasteiger partial charge in [-0.1, -0.05) is 0 Å². The minimum atomic E-state index is -3.82. The van der Waals surface area contributed by atoms with Crippen molar-refractivity contribution in [2.75, 3.05) is 18.9 Å². The molecular weight excluding hydrogens is 364 g/mol. The monoisotopic (exact) mass is 386 g/mol. The van der Waals surface area contributed by atoms with Gasteiger partial charge in [0.1, 0.15) is 16.2 Å². The number of carbonyl (C=O) groups is 1. The number of H-pyrrole nitrogens is 1. The summed E-state index contributed by atoms with van der Waals surface area (Å²) in [6.45, 7) is 5.38. The Morgan fingerprint density at radius 3 is 2.76 bits per heavy atom.